The first kappa shape index (κ1) is 9.19. The second kappa shape index (κ2) is 3.78. The van der Waals surface area contributed by atoms with E-state index >= 15 is 0 Å². The van der Waals surface area contributed by atoms with E-state index in [1.165, 1.54) is 10.4 Å². The van der Waals surface area contributed by atoms with Crippen LogP contribution in [-0.2, 0) is 6.54 Å². The summed E-state index contributed by atoms with van der Waals surface area (Å²) in [4.78, 5) is 1.39. The first-order chi connectivity index (χ1) is 6.27. The average molecular weight is 197 g/mol. The maximum Gasteiger partial charge on any atom is 0.0693 e. The molecule has 1 heterocycles. The van der Waals surface area contributed by atoms with Gasteiger partial charge in [-0.2, -0.15) is 0 Å². The Hall–Kier alpha value is -0.380. The van der Waals surface area contributed by atoms with Crippen LogP contribution in [0, 0.1) is 6.92 Å². The van der Waals surface area contributed by atoms with Crippen LogP contribution in [0.5, 0.6) is 0 Å². The van der Waals surface area contributed by atoms with Gasteiger partial charge in [0.25, 0.3) is 0 Å². The van der Waals surface area contributed by atoms with Crippen molar-refractivity contribution in [3.63, 3.8) is 0 Å². The minimum absolute atomic E-state index is 0.111. The minimum atomic E-state index is -0.111. The highest BCUT2D eigenvalue weighted by Crippen LogP contribution is 2.21. The van der Waals surface area contributed by atoms with Crippen molar-refractivity contribution in [2.24, 2.45) is 0 Å². The molecule has 1 aliphatic carbocycles. The van der Waals surface area contributed by atoms with Gasteiger partial charge < -0.3 is 10.4 Å². The lowest BCUT2D eigenvalue weighted by Gasteiger charge is -2.33. The largest absolute Gasteiger partial charge is 0.392 e. The molecule has 1 aliphatic rings. The minimum Gasteiger partial charge on any atom is -0.392 e. The first-order valence-corrected chi connectivity index (χ1v) is 5.60. The SMILES string of the molecule is Cc1ccsc1CNC1CCC1O. The molecule has 0 aromatic carbocycles. The number of thiophene rings is 1. The summed E-state index contributed by atoms with van der Waals surface area (Å²) in [6.07, 6.45) is 1.97. The number of aryl methyl sites for hydroxylation is 1. The van der Waals surface area contributed by atoms with Gasteiger partial charge in [-0.25, -0.2) is 0 Å². The molecule has 2 nitrogen and oxygen atoms in total. The van der Waals surface area contributed by atoms with Gasteiger partial charge in [-0.1, -0.05) is 0 Å². The molecule has 1 aromatic rings. The van der Waals surface area contributed by atoms with Gasteiger partial charge in [-0.3, -0.25) is 0 Å². The van der Waals surface area contributed by atoms with Crippen molar-refractivity contribution in [2.75, 3.05) is 0 Å². The molecule has 3 heteroatoms. The zero-order valence-corrected chi connectivity index (χ0v) is 8.60. The molecule has 2 rings (SSSR count). The van der Waals surface area contributed by atoms with Crippen LogP contribution in [0.25, 0.3) is 0 Å². The van der Waals surface area contributed by atoms with Crippen molar-refractivity contribution >= 4 is 11.3 Å². The fourth-order valence-corrected chi connectivity index (χ4v) is 2.39. The van der Waals surface area contributed by atoms with Crippen LogP contribution < -0.4 is 5.32 Å². The Bertz CT molecular complexity index is 284. The third-order valence-corrected chi connectivity index (χ3v) is 3.75. The second-order valence-electron chi connectivity index (χ2n) is 3.66. The summed E-state index contributed by atoms with van der Waals surface area (Å²) >= 11 is 1.78. The average Bonchev–Trinajstić information content (AvgIpc) is 2.50. The van der Waals surface area contributed by atoms with Crippen molar-refractivity contribution in [1.29, 1.82) is 0 Å². The van der Waals surface area contributed by atoms with Gasteiger partial charge in [0.2, 0.25) is 0 Å². The summed E-state index contributed by atoms with van der Waals surface area (Å²) < 4.78 is 0. The van der Waals surface area contributed by atoms with E-state index < -0.39 is 0 Å². The van der Waals surface area contributed by atoms with E-state index in [0.29, 0.717) is 6.04 Å². The Morgan fingerprint density at radius 2 is 2.46 bits per heavy atom. The molecule has 1 saturated carbocycles. The molecule has 2 atom stereocenters. The predicted molar refractivity (Wildman–Crippen MR) is 54.9 cm³/mol. The molecule has 1 aromatic heterocycles. The first-order valence-electron chi connectivity index (χ1n) is 4.72. The molecule has 13 heavy (non-hydrogen) atoms. The highest BCUT2D eigenvalue weighted by atomic mass is 32.1. The molecule has 72 valence electrons. The summed E-state index contributed by atoms with van der Waals surface area (Å²) in [5.74, 6) is 0. The molecule has 0 spiro atoms. The van der Waals surface area contributed by atoms with Crippen LogP contribution in [0.15, 0.2) is 11.4 Å². The Kier molecular flexibility index (Phi) is 2.67. The van der Waals surface area contributed by atoms with Gasteiger partial charge in [0.1, 0.15) is 0 Å². The van der Waals surface area contributed by atoms with Crippen LogP contribution >= 0.6 is 11.3 Å². The van der Waals surface area contributed by atoms with Gasteiger partial charge in [0.15, 0.2) is 0 Å². The summed E-state index contributed by atoms with van der Waals surface area (Å²) in [6.45, 7) is 3.04. The van der Waals surface area contributed by atoms with Gasteiger partial charge >= 0.3 is 0 Å². The Morgan fingerprint density at radius 3 is 2.92 bits per heavy atom. The summed E-state index contributed by atoms with van der Waals surface area (Å²) in [7, 11) is 0. The molecule has 2 N–H and O–H groups in total. The lowest BCUT2D eigenvalue weighted by atomic mass is 9.89. The third kappa shape index (κ3) is 1.93. The van der Waals surface area contributed by atoms with Crippen molar-refractivity contribution < 1.29 is 5.11 Å². The monoisotopic (exact) mass is 197 g/mol. The number of nitrogens with one attached hydrogen (secondary N) is 1. The fourth-order valence-electron chi connectivity index (χ4n) is 1.53. The maximum absolute atomic E-state index is 9.35. The standard InChI is InChI=1S/C10H15NOS/c1-7-4-5-13-10(7)6-11-8-2-3-9(8)12/h4-5,8-9,11-12H,2-3,6H2,1H3. The number of rotatable bonds is 3. The summed E-state index contributed by atoms with van der Waals surface area (Å²) in [5.41, 5.74) is 1.35. The van der Waals surface area contributed by atoms with Gasteiger partial charge in [0.05, 0.1) is 6.10 Å². The van der Waals surface area contributed by atoms with Crippen LogP contribution in [0.3, 0.4) is 0 Å². The van der Waals surface area contributed by atoms with E-state index in [9.17, 15) is 5.11 Å². The van der Waals surface area contributed by atoms with Crippen molar-refractivity contribution in [1.82, 2.24) is 5.32 Å². The topological polar surface area (TPSA) is 32.3 Å². The Labute approximate surface area is 82.6 Å². The van der Waals surface area contributed by atoms with E-state index in [1.54, 1.807) is 11.3 Å². The van der Waals surface area contributed by atoms with E-state index in [2.05, 4.69) is 23.7 Å². The zero-order valence-electron chi connectivity index (χ0n) is 7.79. The van der Waals surface area contributed by atoms with Crippen LogP contribution in [0.2, 0.25) is 0 Å². The Morgan fingerprint density at radius 1 is 1.62 bits per heavy atom. The normalized spacial score (nSPS) is 27.2. The third-order valence-electron chi connectivity index (χ3n) is 2.73. The summed E-state index contributed by atoms with van der Waals surface area (Å²) in [6, 6.07) is 2.47. The van der Waals surface area contributed by atoms with Gasteiger partial charge in [0, 0.05) is 17.5 Å². The molecule has 0 aliphatic heterocycles. The molecule has 2 unspecified atom stereocenters. The number of hydrogen-bond donors (Lipinski definition) is 2. The van der Waals surface area contributed by atoms with Crippen molar-refractivity contribution in [3.05, 3.63) is 21.9 Å². The fraction of sp³-hybridized carbons (Fsp3) is 0.600. The van der Waals surface area contributed by atoms with E-state index in [-0.39, 0.29) is 6.10 Å². The lowest BCUT2D eigenvalue weighted by molar-refractivity contribution is 0.0494. The highest BCUT2D eigenvalue weighted by Gasteiger charge is 2.27. The van der Waals surface area contributed by atoms with E-state index in [0.717, 1.165) is 19.4 Å². The smallest absolute Gasteiger partial charge is 0.0693 e. The predicted octanol–water partition coefficient (Wildman–Crippen LogP) is 1.67. The van der Waals surface area contributed by atoms with Crippen molar-refractivity contribution in [3.8, 4) is 0 Å². The zero-order chi connectivity index (χ0) is 9.26. The van der Waals surface area contributed by atoms with Crippen LogP contribution in [-0.4, -0.2) is 17.3 Å². The lowest BCUT2D eigenvalue weighted by Crippen LogP contribution is -2.47. The van der Waals surface area contributed by atoms with Crippen molar-refractivity contribution in [2.45, 2.75) is 38.5 Å². The number of aliphatic hydroxyl groups is 1. The molecule has 1 fully saturated rings. The van der Waals surface area contributed by atoms with Crippen LogP contribution in [0.4, 0.5) is 0 Å². The van der Waals surface area contributed by atoms with Gasteiger partial charge in [-0.15, -0.1) is 11.3 Å². The molecule has 0 bridgehead atoms. The quantitative estimate of drug-likeness (QED) is 0.772. The second-order valence-corrected chi connectivity index (χ2v) is 4.66. The number of hydrogen-bond acceptors (Lipinski definition) is 3. The highest BCUT2D eigenvalue weighted by molar-refractivity contribution is 7.10. The molecule has 0 amide bonds. The molecular weight excluding hydrogens is 182 g/mol. The molecule has 0 saturated heterocycles. The summed E-state index contributed by atoms with van der Waals surface area (Å²) in [5, 5.41) is 14.8. The maximum atomic E-state index is 9.35. The van der Waals surface area contributed by atoms with E-state index in [1.807, 2.05) is 0 Å². The molecular formula is C10H15NOS. The van der Waals surface area contributed by atoms with Crippen LogP contribution in [0.1, 0.15) is 23.3 Å². The Balaban J connectivity index is 1.83. The van der Waals surface area contributed by atoms with E-state index in [4.69, 9.17) is 0 Å². The number of aliphatic hydroxyl groups excluding tert-OH is 1. The molecule has 0 radical (unpaired) electrons. The van der Waals surface area contributed by atoms with Gasteiger partial charge in [-0.05, 0) is 36.8 Å².